The highest BCUT2D eigenvalue weighted by atomic mass is 14.6. The van der Waals surface area contributed by atoms with Crippen molar-refractivity contribution in [2.75, 3.05) is 0 Å². The molecule has 2 unspecified atom stereocenters. The van der Waals surface area contributed by atoms with Gasteiger partial charge >= 0.3 is 0 Å². The molecule has 0 aromatic heterocycles. The van der Waals surface area contributed by atoms with Gasteiger partial charge in [-0.3, -0.25) is 0 Å². The number of allylic oxidation sites excluding steroid dienone is 6. The van der Waals surface area contributed by atoms with Crippen LogP contribution in [0.4, 0.5) is 0 Å². The fourth-order valence-corrected chi connectivity index (χ4v) is 3.27. The van der Waals surface area contributed by atoms with Crippen molar-refractivity contribution in [3.63, 3.8) is 0 Å². The molecular weight excluding hydrogens is 230 g/mol. The van der Waals surface area contributed by atoms with Gasteiger partial charge in [-0.1, -0.05) is 41.9 Å². The third-order valence-electron chi connectivity index (χ3n) is 4.60. The summed E-state index contributed by atoms with van der Waals surface area (Å²) in [5.74, 6) is 0.683. The zero-order chi connectivity index (χ0) is 13.7. The van der Waals surface area contributed by atoms with E-state index in [1.807, 2.05) is 0 Å². The van der Waals surface area contributed by atoms with Crippen LogP contribution in [0.1, 0.15) is 65.2 Å². The number of hydrogen-bond acceptors (Lipinski definition) is 1. The molecule has 0 bridgehead atoms. The van der Waals surface area contributed by atoms with E-state index in [-0.39, 0.29) is 0 Å². The zero-order valence-corrected chi connectivity index (χ0v) is 12.6. The largest absolute Gasteiger partial charge is 0.328 e. The van der Waals surface area contributed by atoms with Crippen LogP contribution >= 0.6 is 0 Å². The predicted octanol–water partition coefficient (Wildman–Crippen LogP) is 4.90. The van der Waals surface area contributed by atoms with Crippen molar-refractivity contribution in [2.45, 2.75) is 71.3 Å². The van der Waals surface area contributed by atoms with E-state index in [1.54, 1.807) is 11.1 Å². The Labute approximate surface area is 118 Å². The van der Waals surface area contributed by atoms with Gasteiger partial charge in [-0.15, -0.1) is 0 Å². The Morgan fingerprint density at radius 2 is 2.16 bits per heavy atom. The van der Waals surface area contributed by atoms with Crippen LogP contribution in [0.5, 0.6) is 0 Å². The minimum absolute atomic E-state index is 0.361. The van der Waals surface area contributed by atoms with E-state index in [1.165, 1.54) is 44.1 Å². The molecule has 2 aliphatic carbocycles. The van der Waals surface area contributed by atoms with Gasteiger partial charge in [0.15, 0.2) is 0 Å². The maximum absolute atomic E-state index is 6.18. The monoisotopic (exact) mass is 259 g/mol. The van der Waals surface area contributed by atoms with Gasteiger partial charge in [-0.05, 0) is 64.2 Å². The molecule has 0 heterocycles. The highest BCUT2D eigenvalue weighted by molar-refractivity contribution is 5.29. The van der Waals surface area contributed by atoms with Crippen molar-refractivity contribution >= 4 is 0 Å². The number of hydrogen-bond donors (Lipinski definition) is 1. The van der Waals surface area contributed by atoms with Gasteiger partial charge in [-0.2, -0.15) is 0 Å². The van der Waals surface area contributed by atoms with Gasteiger partial charge in [-0.25, -0.2) is 0 Å². The van der Waals surface area contributed by atoms with Crippen molar-refractivity contribution in [1.29, 1.82) is 0 Å². The maximum Gasteiger partial charge on any atom is 0.00420 e. The highest BCUT2D eigenvalue weighted by Crippen LogP contribution is 2.34. The average Bonchev–Trinajstić information content (AvgIpc) is 2.43. The van der Waals surface area contributed by atoms with Crippen LogP contribution in [0.15, 0.2) is 34.9 Å². The summed E-state index contributed by atoms with van der Waals surface area (Å²) in [4.78, 5) is 0. The standard InChI is InChI=1S/C18H29N/c1-3-18(19)13-17-11-14(2)9-10-16(17)12-15-7-5-4-6-8-15/h7,9-10,17-18H,3-6,8,11-13,19H2,1-2H3. The van der Waals surface area contributed by atoms with Crippen LogP contribution in [0.2, 0.25) is 0 Å². The number of rotatable bonds is 5. The molecule has 1 heteroatoms. The second kappa shape index (κ2) is 7.09. The Hall–Kier alpha value is -0.820. The minimum Gasteiger partial charge on any atom is -0.328 e. The molecule has 0 saturated carbocycles. The first-order valence-electron chi connectivity index (χ1n) is 7.98. The third kappa shape index (κ3) is 4.35. The summed E-state index contributed by atoms with van der Waals surface area (Å²) in [7, 11) is 0. The van der Waals surface area contributed by atoms with Gasteiger partial charge < -0.3 is 5.73 Å². The van der Waals surface area contributed by atoms with Gasteiger partial charge in [0.2, 0.25) is 0 Å². The fraction of sp³-hybridized carbons (Fsp3) is 0.667. The van der Waals surface area contributed by atoms with Crippen molar-refractivity contribution in [1.82, 2.24) is 0 Å². The summed E-state index contributed by atoms with van der Waals surface area (Å²) >= 11 is 0. The van der Waals surface area contributed by atoms with Gasteiger partial charge in [0.05, 0.1) is 0 Å². The minimum atomic E-state index is 0.361. The van der Waals surface area contributed by atoms with E-state index in [9.17, 15) is 0 Å². The van der Waals surface area contributed by atoms with Crippen molar-refractivity contribution in [2.24, 2.45) is 11.7 Å². The molecular formula is C18H29N. The SMILES string of the molecule is CCC(N)CC1CC(C)=CC=C1CC1=CCCCC1. The maximum atomic E-state index is 6.18. The molecule has 19 heavy (non-hydrogen) atoms. The molecule has 2 aliphatic rings. The summed E-state index contributed by atoms with van der Waals surface area (Å²) in [6.07, 6.45) is 17.2. The Morgan fingerprint density at radius 3 is 2.84 bits per heavy atom. The van der Waals surface area contributed by atoms with Crippen LogP contribution in [-0.4, -0.2) is 6.04 Å². The molecule has 1 nitrogen and oxygen atoms in total. The summed E-state index contributed by atoms with van der Waals surface area (Å²) in [6, 6.07) is 0.361. The first-order valence-corrected chi connectivity index (χ1v) is 7.98. The summed E-state index contributed by atoms with van der Waals surface area (Å²) in [5, 5.41) is 0. The number of nitrogens with two attached hydrogens (primary N) is 1. The molecule has 2 N–H and O–H groups in total. The average molecular weight is 259 g/mol. The summed E-state index contributed by atoms with van der Waals surface area (Å²) < 4.78 is 0. The Kier molecular flexibility index (Phi) is 5.45. The molecule has 2 atom stereocenters. The van der Waals surface area contributed by atoms with E-state index in [4.69, 9.17) is 5.73 Å². The first-order chi connectivity index (χ1) is 9.19. The molecule has 0 amide bonds. The lowest BCUT2D eigenvalue weighted by atomic mass is 9.79. The lowest BCUT2D eigenvalue weighted by Gasteiger charge is -2.27. The van der Waals surface area contributed by atoms with Gasteiger partial charge in [0.25, 0.3) is 0 Å². The molecule has 0 aliphatic heterocycles. The lowest BCUT2D eigenvalue weighted by Crippen LogP contribution is -2.24. The Morgan fingerprint density at radius 1 is 1.32 bits per heavy atom. The summed E-state index contributed by atoms with van der Waals surface area (Å²) in [5.41, 5.74) is 11.0. The summed E-state index contributed by atoms with van der Waals surface area (Å²) in [6.45, 7) is 4.45. The first kappa shape index (κ1) is 14.6. The van der Waals surface area contributed by atoms with Crippen LogP contribution < -0.4 is 5.73 Å². The molecule has 0 saturated heterocycles. The zero-order valence-electron chi connectivity index (χ0n) is 12.6. The molecule has 0 fully saturated rings. The normalized spacial score (nSPS) is 25.4. The highest BCUT2D eigenvalue weighted by Gasteiger charge is 2.21. The van der Waals surface area contributed by atoms with E-state index >= 15 is 0 Å². The van der Waals surface area contributed by atoms with Crippen molar-refractivity contribution in [3.8, 4) is 0 Å². The van der Waals surface area contributed by atoms with E-state index in [0.717, 1.165) is 12.8 Å². The molecule has 0 aromatic rings. The van der Waals surface area contributed by atoms with E-state index in [0.29, 0.717) is 12.0 Å². The molecule has 0 aromatic carbocycles. The van der Waals surface area contributed by atoms with Crippen LogP contribution in [0.25, 0.3) is 0 Å². The molecule has 0 spiro atoms. The van der Waals surface area contributed by atoms with Crippen LogP contribution in [0.3, 0.4) is 0 Å². The second-order valence-electron chi connectivity index (χ2n) is 6.34. The van der Waals surface area contributed by atoms with Crippen LogP contribution in [-0.2, 0) is 0 Å². The second-order valence-corrected chi connectivity index (χ2v) is 6.34. The third-order valence-corrected chi connectivity index (χ3v) is 4.60. The molecule has 2 rings (SSSR count). The molecule has 106 valence electrons. The quantitative estimate of drug-likeness (QED) is 0.698. The van der Waals surface area contributed by atoms with Crippen LogP contribution in [0, 0.1) is 5.92 Å². The fourth-order valence-electron chi connectivity index (χ4n) is 3.27. The van der Waals surface area contributed by atoms with E-state index < -0.39 is 0 Å². The van der Waals surface area contributed by atoms with Gasteiger partial charge in [0, 0.05) is 6.04 Å². The van der Waals surface area contributed by atoms with Gasteiger partial charge in [0.1, 0.15) is 0 Å². The van der Waals surface area contributed by atoms with Crippen molar-refractivity contribution < 1.29 is 0 Å². The topological polar surface area (TPSA) is 26.0 Å². The smallest absolute Gasteiger partial charge is 0.00420 e. The molecule has 0 radical (unpaired) electrons. The lowest BCUT2D eigenvalue weighted by molar-refractivity contribution is 0.459. The Bertz CT molecular complexity index is 386. The predicted molar refractivity (Wildman–Crippen MR) is 84.0 cm³/mol. The Balaban J connectivity index is 2.03. The van der Waals surface area contributed by atoms with Crippen molar-refractivity contribution in [3.05, 3.63) is 34.9 Å². The van der Waals surface area contributed by atoms with E-state index in [2.05, 4.69) is 32.1 Å².